The predicted octanol–water partition coefficient (Wildman–Crippen LogP) is 1.20. The number of likely N-dealkylation sites (tertiary alicyclic amines) is 1. The highest BCUT2D eigenvalue weighted by Crippen LogP contribution is 2.28. The Kier molecular flexibility index (Phi) is 5.80. The van der Waals surface area contributed by atoms with E-state index < -0.39 is 0 Å². The summed E-state index contributed by atoms with van der Waals surface area (Å²) in [5, 5.41) is 3.24. The van der Waals surface area contributed by atoms with Crippen molar-refractivity contribution in [3.05, 3.63) is 18.0 Å². The van der Waals surface area contributed by atoms with Crippen molar-refractivity contribution in [1.82, 2.24) is 15.2 Å². The summed E-state index contributed by atoms with van der Waals surface area (Å²) in [7, 11) is 3.20. The lowest BCUT2D eigenvalue weighted by Crippen LogP contribution is -2.30. The van der Waals surface area contributed by atoms with Crippen molar-refractivity contribution in [2.75, 3.05) is 33.9 Å². The molecule has 6 nitrogen and oxygen atoms in total. The van der Waals surface area contributed by atoms with Crippen LogP contribution in [0.25, 0.3) is 0 Å². The van der Waals surface area contributed by atoms with Crippen LogP contribution in [-0.4, -0.2) is 49.6 Å². The van der Waals surface area contributed by atoms with Gasteiger partial charge in [0.05, 0.1) is 19.9 Å². The summed E-state index contributed by atoms with van der Waals surface area (Å²) in [4.78, 5) is 18.1. The first-order chi connectivity index (χ1) is 10.3. The van der Waals surface area contributed by atoms with E-state index in [2.05, 4.69) is 10.3 Å². The van der Waals surface area contributed by atoms with E-state index in [0.717, 1.165) is 31.6 Å². The molecule has 0 aromatic carbocycles. The maximum Gasteiger partial charge on any atom is 0.223 e. The number of ether oxygens (including phenoxy) is 2. The highest BCUT2D eigenvalue weighted by Gasteiger charge is 2.17. The molecule has 0 spiro atoms. The van der Waals surface area contributed by atoms with Crippen molar-refractivity contribution >= 4 is 5.91 Å². The van der Waals surface area contributed by atoms with Gasteiger partial charge in [0.15, 0.2) is 11.5 Å². The second-order valence-corrected chi connectivity index (χ2v) is 5.01. The van der Waals surface area contributed by atoms with Gasteiger partial charge in [0.25, 0.3) is 0 Å². The van der Waals surface area contributed by atoms with Crippen LogP contribution in [0.2, 0.25) is 0 Å². The second kappa shape index (κ2) is 7.83. The van der Waals surface area contributed by atoms with Crippen LogP contribution < -0.4 is 14.8 Å². The average Bonchev–Trinajstić information content (AvgIpc) is 3.05. The summed E-state index contributed by atoms with van der Waals surface area (Å²) >= 11 is 0. The minimum absolute atomic E-state index is 0.227. The Labute approximate surface area is 125 Å². The minimum Gasteiger partial charge on any atom is -0.493 e. The van der Waals surface area contributed by atoms with Crippen LogP contribution >= 0.6 is 0 Å². The third kappa shape index (κ3) is 4.07. The fourth-order valence-electron chi connectivity index (χ4n) is 2.50. The number of aromatic nitrogens is 1. The van der Waals surface area contributed by atoms with E-state index in [4.69, 9.17) is 9.47 Å². The van der Waals surface area contributed by atoms with Gasteiger partial charge >= 0.3 is 0 Å². The number of pyridine rings is 1. The number of carbonyl (C=O) groups excluding carboxylic acids is 1. The summed E-state index contributed by atoms with van der Waals surface area (Å²) in [6, 6.07) is 1.76. The smallest absolute Gasteiger partial charge is 0.223 e. The van der Waals surface area contributed by atoms with Gasteiger partial charge < -0.3 is 19.7 Å². The molecule has 0 aliphatic carbocycles. The van der Waals surface area contributed by atoms with E-state index in [1.165, 1.54) is 0 Å². The van der Waals surface area contributed by atoms with Gasteiger partial charge in [-0.25, -0.2) is 0 Å². The van der Waals surface area contributed by atoms with Crippen LogP contribution in [0.5, 0.6) is 11.5 Å². The molecule has 1 saturated heterocycles. The highest BCUT2D eigenvalue weighted by atomic mass is 16.5. The minimum atomic E-state index is 0.227. The molecule has 0 saturated carbocycles. The molecule has 21 heavy (non-hydrogen) atoms. The summed E-state index contributed by atoms with van der Waals surface area (Å²) < 4.78 is 10.6. The number of rotatable bonds is 7. The fraction of sp³-hybridized carbons (Fsp3) is 0.600. The van der Waals surface area contributed by atoms with Crippen molar-refractivity contribution < 1.29 is 14.3 Å². The zero-order valence-electron chi connectivity index (χ0n) is 12.7. The zero-order chi connectivity index (χ0) is 15.1. The lowest BCUT2D eigenvalue weighted by atomic mass is 10.3. The normalized spacial score (nSPS) is 14.3. The fourth-order valence-corrected chi connectivity index (χ4v) is 2.50. The van der Waals surface area contributed by atoms with Gasteiger partial charge in [-0.15, -0.1) is 0 Å². The molecule has 1 aromatic heterocycles. The van der Waals surface area contributed by atoms with E-state index in [-0.39, 0.29) is 5.91 Å². The van der Waals surface area contributed by atoms with Crippen LogP contribution in [0.3, 0.4) is 0 Å². The highest BCUT2D eigenvalue weighted by molar-refractivity contribution is 5.76. The monoisotopic (exact) mass is 293 g/mol. The molecule has 1 aliphatic rings. The lowest BCUT2D eigenvalue weighted by Gasteiger charge is -2.15. The number of nitrogens with zero attached hydrogens (tertiary/aromatic N) is 2. The molecule has 1 fully saturated rings. The van der Waals surface area contributed by atoms with Crippen molar-refractivity contribution in [3.8, 4) is 11.5 Å². The lowest BCUT2D eigenvalue weighted by molar-refractivity contribution is -0.130. The molecule has 6 heteroatoms. The van der Waals surface area contributed by atoms with Gasteiger partial charge in [-0.3, -0.25) is 9.78 Å². The number of hydrogen-bond donors (Lipinski definition) is 1. The van der Waals surface area contributed by atoms with Crippen LogP contribution in [0.1, 0.15) is 25.0 Å². The standard InChI is InChI=1S/C15H23N3O3/c1-20-13-5-8-17-12(15(13)21-2)11-16-7-6-14(19)18-9-3-4-10-18/h5,8,16H,3-4,6-7,9-11H2,1-2H3. The van der Waals surface area contributed by atoms with Crippen molar-refractivity contribution in [1.29, 1.82) is 0 Å². The molecule has 116 valence electrons. The molecule has 0 unspecified atom stereocenters. The van der Waals surface area contributed by atoms with Gasteiger partial charge in [-0.1, -0.05) is 0 Å². The molecule has 1 N–H and O–H groups in total. The van der Waals surface area contributed by atoms with Gasteiger partial charge in [0.2, 0.25) is 5.91 Å². The number of carbonyl (C=O) groups is 1. The number of amides is 1. The van der Waals surface area contributed by atoms with Crippen LogP contribution in [0, 0.1) is 0 Å². The van der Waals surface area contributed by atoms with Crippen molar-refractivity contribution in [2.24, 2.45) is 0 Å². The third-order valence-corrected chi connectivity index (χ3v) is 3.63. The van der Waals surface area contributed by atoms with Gasteiger partial charge in [-0.05, 0) is 12.8 Å². The van der Waals surface area contributed by atoms with E-state index in [1.54, 1.807) is 26.5 Å². The van der Waals surface area contributed by atoms with Gasteiger partial charge in [0.1, 0.15) is 0 Å². The van der Waals surface area contributed by atoms with E-state index in [9.17, 15) is 4.79 Å². The molecule has 0 atom stereocenters. The Morgan fingerprint density at radius 1 is 1.33 bits per heavy atom. The summed E-state index contributed by atoms with van der Waals surface area (Å²) in [5.74, 6) is 1.53. The molecule has 1 aliphatic heterocycles. The maximum atomic E-state index is 11.9. The average molecular weight is 293 g/mol. The molecule has 0 radical (unpaired) electrons. The van der Waals surface area contributed by atoms with Crippen LogP contribution in [0.4, 0.5) is 0 Å². The molecular weight excluding hydrogens is 270 g/mol. The topological polar surface area (TPSA) is 63.7 Å². The Bertz CT molecular complexity index is 473. The van der Waals surface area contributed by atoms with Gasteiger partial charge in [-0.2, -0.15) is 0 Å². The Hall–Kier alpha value is -1.82. The molecule has 2 heterocycles. The summed E-state index contributed by atoms with van der Waals surface area (Å²) in [6.07, 6.45) is 4.47. The Balaban J connectivity index is 1.79. The number of nitrogens with one attached hydrogen (secondary N) is 1. The van der Waals surface area contributed by atoms with E-state index in [0.29, 0.717) is 31.0 Å². The molecule has 2 rings (SSSR count). The van der Waals surface area contributed by atoms with Crippen molar-refractivity contribution in [3.63, 3.8) is 0 Å². The third-order valence-electron chi connectivity index (χ3n) is 3.63. The van der Waals surface area contributed by atoms with E-state index in [1.807, 2.05) is 4.90 Å². The first-order valence-corrected chi connectivity index (χ1v) is 7.30. The molecule has 0 bridgehead atoms. The summed E-state index contributed by atoms with van der Waals surface area (Å²) in [5.41, 5.74) is 0.783. The number of hydrogen-bond acceptors (Lipinski definition) is 5. The summed E-state index contributed by atoms with van der Waals surface area (Å²) in [6.45, 7) is 3.00. The Morgan fingerprint density at radius 2 is 2.10 bits per heavy atom. The van der Waals surface area contributed by atoms with Crippen LogP contribution in [-0.2, 0) is 11.3 Å². The van der Waals surface area contributed by atoms with Crippen molar-refractivity contribution in [2.45, 2.75) is 25.8 Å². The first kappa shape index (κ1) is 15.6. The van der Waals surface area contributed by atoms with E-state index >= 15 is 0 Å². The zero-order valence-corrected chi connectivity index (χ0v) is 12.7. The maximum absolute atomic E-state index is 11.9. The number of methoxy groups -OCH3 is 2. The predicted molar refractivity (Wildman–Crippen MR) is 79.5 cm³/mol. The molecule has 1 amide bonds. The van der Waals surface area contributed by atoms with Gasteiger partial charge in [0, 0.05) is 44.9 Å². The first-order valence-electron chi connectivity index (χ1n) is 7.30. The molecular formula is C15H23N3O3. The van der Waals surface area contributed by atoms with Crippen LogP contribution in [0.15, 0.2) is 12.3 Å². The quantitative estimate of drug-likeness (QED) is 0.765. The SMILES string of the molecule is COc1ccnc(CNCCC(=O)N2CCCC2)c1OC. The second-order valence-electron chi connectivity index (χ2n) is 5.01. The molecule has 1 aromatic rings. The largest absolute Gasteiger partial charge is 0.493 e. The Morgan fingerprint density at radius 3 is 2.76 bits per heavy atom.